The highest BCUT2D eigenvalue weighted by Crippen LogP contribution is 3.05. The summed E-state index contributed by atoms with van der Waals surface area (Å²) in [5.74, 6) is 8.74. The third-order valence-corrected chi connectivity index (χ3v) is 9.08. The molecule has 0 radical (unpaired) electrons. The van der Waals surface area contributed by atoms with Gasteiger partial charge in [-0.1, -0.05) is 6.07 Å². The largest absolute Gasteiger partial charge is 0.486 e. The van der Waals surface area contributed by atoms with Crippen LogP contribution in [-0.2, 0) is 0 Å². The Kier molecular flexibility index (Phi) is 2.05. The molecule has 6 aliphatic carbocycles. The third-order valence-electron chi connectivity index (χ3n) is 9.08. The fourth-order valence-corrected chi connectivity index (χ4v) is 8.35. The molecule has 1 aliphatic heterocycles. The van der Waals surface area contributed by atoms with Gasteiger partial charge >= 0.3 is 0 Å². The van der Waals surface area contributed by atoms with E-state index in [4.69, 9.17) is 9.47 Å². The first-order valence-corrected chi connectivity index (χ1v) is 10.2. The number of hydrogen-bond donors (Lipinski definition) is 2. The fourth-order valence-electron chi connectivity index (χ4n) is 8.35. The predicted molar refractivity (Wildman–Crippen MR) is 96.4 cm³/mol. The molecule has 2 N–H and O–H groups in total. The lowest BCUT2D eigenvalue weighted by Crippen LogP contribution is -3.06. The van der Waals surface area contributed by atoms with Gasteiger partial charge in [0.25, 0.3) is 5.91 Å². The third kappa shape index (κ3) is 1.20. The Balaban J connectivity index is 1.05. The van der Waals surface area contributed by atoms with Crippen molar-refractivity contribution < 1.29 is 14.3 Å². The Labute approximate surface area is 156 Å². The molecule has 2 aromatic rings. The summed E-state index contributed by atoms with van der Waals surface area (Å²) in [7, 11) is 0. The van der Waals surface area contributed by atoms with Gasteiger partial charge in [0.05, 0.1) is 5.56 Å². The number of benzene rings is 1. The average molecular weight is 360 g/mol. The molecule has 0 unspecified atom stereocenters. The van der Waals surface area contributed by atoms with E-state index in [-0.39, 0.29) is 5.91 Å². The van der Waals surface area contributed by atoms with E-state index in [0.29, 0.717) is 24.2 Å². The monoisotopic (exact) mass is 360 g/mol. The van der Waals surface area contributed by atoms with Gasteiger partial charge in [0, 0.05) is 24.5 Å². The molecule has 0 bridgehead atoms. The number of carbonyl (C=O) groups is 1. The SMILES string of the molecule is O=C(NCC12C3C4C5C3C1C5C42)c1c[nH]cc1-c1ccc2c(c1)OCCO2. The van der Waals surface area contributed by atoms with Crippen LogP contribution in [0.3, 0.4) is 0 Å². The minimum atomic E-state index is 0.0369. The first-order valence-electron chi connectivity index (χ1n) is 10.2. The molecule has 1 aromatic heterocycles. The second-order valence-corrected chi connectivity index (χ2v) is 9.32. The Morgan fingerprint density at radius 2 is 1.78 bits per heavy atom. The van der Waals surface area contributed by atoms with Crippen LogP contribution in [0, 0.1) is 46.8 Å². The van der Waals surface area contributed by atoms with Gasteiger partial charge in [-0.25, -0.2) is 0 Å². The highest BCUT2D eigenvalue weighted by Gasteiger charge is 3.03. The standard InChI is InChI=1S/C22H20N2O3/c25-21(24-8-22-18-15-14-16(18)20(22)17(14)19(15)22)11-7-23-6-10(11)9-1-2-12-13(5-9)27-4-3-26-12/h1-2,5-7,14-20,23H,3-4,8H2,(H,24,25). The molecule has 7 aliphatic rings. The minimum Gasteiger partial charge on any atom is -0.486 e. The van der Waals surface area contributed by atoms with Crippen molar-refractivity contribution in [2.24, 2.45) is 46.8 Å². The molecule has 0 saturated heterocycles. The van der Waals surface area contributed by atoms with Gasteiger partial charge in [-0.2, -0.15) is 0 Å². The molecular weight excluding hydrogens is 340 g/mol. The van der Waals surface area contributed by atoms with E-state index in [0.717, 1.165) is 70.6 Å². The van der Waals surface area contributed by atoms with E-state index in [1.165, 1.54) is 0 Å². The molecule has 6 saturated carbocycles. The minimum absolute atomic E-state index is 0.0369. The summed E-state index contributed by atoms with van der Waals surface area (Å²) in [5.41, 5.74) is 3.11. The van der Waals surface area contributed by atoms with Crippen LogP contribution in [-0.4, -0.2) is 30.6 Å². The molecule has 0 atom stereocenters. The van der Waals surface area contributed by atoms with Crippen molar-refractivity contribution in [2.45, 2.75) is 0 Å². The highest BCUT2D eigenvalue weighted by atomic mass is 16.6. The summed E-state index contributed by atoms with van der Waals surface area (Å²) in [6, 6.07) is 5.88. The molecule has 27 heavy (non-hydrogen) atoms. The second kappa shape index (κ2) is 4.03. The number of aromatic amines is 1. The number of hydrogen-bond acceptors (Lipinski definition) is 3. The van der Waals surface area contributed by atoms with Gasteiger partial charge in [-0.15, -0.1) is 0 Å². The van der Waals surface area contributed by atoms with E-state index >= 15 is 0 Å². The number of amides is 1. The molecular formula is C22H20N2O3. The normalized spacial score (nSPS) is 44.7. The Morgan fingerprint density at radius 3 is 2.56 bits per heavy atom. The van der Waals surface area contributed by atoms with Crippen molar-refractivity contribution in [3.05, 3.63) is 36.2 Å². The molecule has 6 fully saturated rings. The maximum absolute atomic E-state index is 12.9. The van der Waals surface area contributed by atoms with Crippen molar-refractivity contribution in [1.29, 1.82) is 0 Å². The van der Waals surface area contributed by atoms with E-state index in [9.17, 15) is 4.79 Å². The number of fused-ring (bicyclic) bond motifs is 1. The van der Waals surface area contributed by atoms with Gasteiger partial charge < -0.3 is 19.8 Å². The summed E-state index contributed by atoms with van der Waals surface area (Å²) in [6.45, 7) is 2.03. The number of H-pyrrole nitrogens is 1. The van der Waals surface area contributed by atoms with Crippen molar-refractivity contribution in [3.63, 3.8) is 0 Å². The molecule has 5 heteroatoms. The molecule has 0 spiro atoms. The van der Waals surface area contributed by atoms with Crippen LogP contribution in [0.15, 0.2) is 30.6 Å². The number of rotatable bonds is 4. The summed E-state index contributed by atoms with van der Waals surface area (Å²) < 4.78 is 11.3. The summed E-state index contributed by atoms with van der Waals surface area (Å²) >= 11 is 0. The van der Waals surface area contributed by atoms with E-state index < -0.39 is 0 Å². The smallest absolute Gasteiger partial charge is 0.253 e. The maximum Gasteiger partial charge on any atom is 0.253 e. The lowest BCUT2D eigenvalue weighted by molar-refractivity contribution is -0.612. The van der Waals surface area contributed by atoms with Crippen molar-refractivity contribution in [3.8, 4) is 22.6 Å². The number of ether oxygens (including phenoxy) is 2. The number of carbonyl (C=O) groups excluding carboxylic acids is 1. The zero-order valence-corrected chi connectivity index (χ0v) is 14.8. The molecule has 9 rings (SSSR count). The van der Waals surface area contributed by atoms with Gasteiger partial charge in [0.15, 0.2) is 11.5 Å². The van der Waals surface area contributed by atoms with Crippen LogP contribution in [0.1, 0.15) is 10.4 Å². The lowest BCUT2D eigenvalue weighted by atomic mass is 8.96. The zero-order valence-electron chi connectivity index (χ0n) is 14.8. The molecule has 5 nitrogen and oxygen atoms in total. The van der Waals surface area contributed by atoms with Gasteiger partial charge in [0.2, 0.25) is 0 Å². The first-order chi connectivity index (χ1) is 13.3. The Hall–Kier alpha value is -2.43. The van der Waals surface area contributed by atoms with E-state index in [2.05, 4.69) is 10.3 Å². The zero-order chi connectivity index (χ0) is 17.5. The summed E-state index contributed by atoms with van der Waals surface area (Å²) in [5, 5.41) is 3.28. The van der Waals surface area contributed by atoms with Crippen LogP contribution in [0.4, 0.5) is 0 Å². The van der Waals surface area contributed by atoms with Crippen LogP contribution in [0.25, 0.3) is 11.1 Å². The van der Waals surface area contributed by atoms with Crippen LogP contribution < -0.4 is 14.8 Å². The maximum atomic E-state index is 12.9. The van der Waals surface area contributed by atoms with Gasteiger partial charge in [0.1, 0.15) is 13.2 Å². The second-order valence-electron chi connectivity index (χ2n) is 9.32. The predicted octanol–water partition coefficient (Wildman–Crippen LogP) is 2.55. The van der Waals surface area contributed by atoms with Gasteiger partial charge in [-0.05, 0) is 64.5 Å². The van der Waals surface area contributed by atoms with Gasteiger partial charge in [-0.3, -0.25) is 4.79 Å². The van der Waals surface area contributed by atoms with Crippen LogP contribution in [0.2, 0.25) is 0 Å². The number of nitrogens with one attached hydrogen (secondary N) is 2. The number of aromatic nitrogens is 1. The summed E-state index contributed by atoms with van der Waals surface area (Å²) in [4.78, 5) is 16.0. The molecule has 2 heterocycles. The molecule has 1 amide bonds. The van der Waals surface area contributed by atoms with E-state index in [1.54, 1.807) is 6.20 Å². The average Bonchev–Trinajstić information content (AvgIpc) is 3.22. The van der Waals surface area contributed by atoms with E-state index in [1.807, 2.05) is 24.4 Å². The van der Waals surface area contributed by atoms with Crippen LogP contribution >= 0.6 is 0 Å². The van der Waals surface area contributed by atoms with Crippen molar-refractivity contribution in [2.75, 3.05) is 19.8 Å². The molecule has 1 aromatic carbocycles. The fraction of sp³-hybridized carbons (Fsp3) is 0.500. The first kappa shape index (κ1) is 13.7. The Morgan fingerprint density at radius 1 is 1.04 bits per heavy atom. The lowest BCUT2D eigenvalue weighted by Gasteiger charge is -3.08. The quantitative estimate of drug-likeness (QED) is 0.881. The summed E-state index contributed by atoms with van der Waals surface area (Å²) in [6.07, 6.45) is 3.70. The Bertz CT molecular complexity index is 989. The topological polar surface area (TPSA) is 63.4 Å². The highest BCUT2D eigenvalue weighted by molar-refractivity contribution is 6.01. The van der Waals surface area contributed by atoms with Crippen molar-refractivity contribution >= 4 is 5.91 Å². The molecule has 136 valence electrons. The van der Waals surface area contributed by atoms with Crippen LogP contribution in [0.5, 0.6) is 11.5 Å². The van der Waals surface area contributed by atoms with Crippen molar-refractivity contribution in [1.82, 2.24) is 10.3 Å².